The van der Waals surface area contributed by atoms with Crippen LogP contribution in [0.25, 0.3) is 0 Å². The lowest BCUT2D eigenvalue weighted by Gasteiger charge is -2.07. The molecule has 15 heavy (non-hydrogen) atoms. The Labute approximate surface area is 89.3 Å². The second kappa shape index (κ2) is 4.83. The number of hydrogen-bond acceptors (Lipinski definition) is 3. The number of nitrogens with zero attached hydrogens (tertiary/aromatic N) is 2. The van der Waals surface area contributed by atoms with Gasteiger partial charge in [0.25, 0.3) is 0 Å². The molecule has 0 radical (unpaired) electrons. The monoisotopic (exact) mass is 197 g/mol. The number of rotatable bonds is 2. The summed E-state index contributed by atoms with van der Waals surface area (Å²) >= 11 is 0. The molecule has 0 aliphatic carbocycles. The van der Waals surface area contributed by atoms with Gasteiger partial charge in [0.2, 0.25) is 0 Å². The molecule has 3 heteroatoms. The maximum absolute atomic E-state index is 8.55. The van der Waals surface area contributed by atoms with Gasteiger partial charge in [0.15, 0.2) is 0 Å². The van der Waals surface area contributed by atoms with Gasteiger partial charge in [0.05, 0.1) is 0 Å². The summed E-state index contributed by atoms with van der Waals surface area (Å²) in [5, 5.41) is 20.0. The minimum Gasteiger partial charge on any atom is -0.360 e. The number of hydrogen-bond donors (Lipinski definition) is 1. The third kappa shape index (κ3) is 2.59. The van der Waals surface area contributed by atoms with E-state index in [2.05, 4.69) is 5.32 Å². The molecule has 0 aliphatic rings. The van der Waals surface area contributed by atoms with E-state index in [1.54, 1.807) is 12.1 Å². The molecule has 1 N–H and O–H groups in total. The molecule has 0 heterocycles. The lowest BCUT2D eigenvalue weighted by Crippen LogP contribution is -1.94. The molecular formula is C12H11N3. The minimum atomic E-state index is 0.0657. The molecule has 0 amide bonds. The Bertz CT molecular complexity index is 457. The van der Waals surface area contributed by atoms with Crippen molar-refractivity contribution >= 4 is 5.69 Å². The normalized spacial score (nSPS) is 8.53. The van der Waals surface area contributed by atoms with E-state index in [0.717, 1.165) is 11.3 Å². The lowest BCUT2D eigenvalue weighted by atomic mass is 10.1. The van der Waals surface area contributed by atoms with E-state index in [0.29, 0.717) is 0 Å². The number of allylic oxidation sites excluding steroid dienone is 1. The summed E-state index contributed by atoms with van der Waals surface area (Å²) in [6, 6.07) is 9.44. The Morgan fingerprint density at radius 2 is 1.93 bits per heavy atom. The topological polar surface area (TPSA) is 59.6 Å². The van der Waals surface area contributed by atoms with Gasteiger partial charge in [-0.15, -0.1) is 0 Å². The Morgan fingerprint density at radius 1 is 1.27 bits per heavy atom. The van der Waals surface area contributed by atoms with Crippen molar-refractivity contribution in [3.8, 4) is 12.1 Å². The molecule has 0 saturated carbocycles. The minimum absolute atomic E-state index is 0.0657. The molecule has 0 bridgehead atoms. The first-order chi connectivity index (χ1) is 7.19. The smallest absolute Gasteiger partial charge is 0.145 e. The molecule has 0 fully saturated rings. The molecule has 0 unspecified atom stereocenters. The Hall–Kier alpha value is -2.26. The molecule has 0 aromatic heterocycles. The van der Waals surface area contributed by atoms with Crippen molar-refractivity contribution in [2.75, 3.05) is 5.32 Å². The van der Waals surface area contributed by atoms with Gasteiger partial charge < -0.3 is 5.32 Å². The summed E-state index contributed by atoms with van der Waals surface area (Å²) in [6.07, 6.45) is 1.42. The number of benzene rings is 1. The van der Waals surface area contributed by atoms with Gasteiger partial charge in [-0.25, -0.2) is 0 Å². The Morgan fingerprint density at radius 3 is 2.53 bits per heavy atom. The molecule has 1 aromatic rings. The summed E-state index contributed by atoms with van der Waals surface area (Å²) in [5.41, 5.74) is 3.27. The first kappa shape index (κ1) is 10.8. The van der Waals surface area contributed by atoms with E-state index in [1.807, 2.05) is 32.0 Å². The second-order valence-corrected chi connectivity index (χ2v) is 3.17. The highest BCUT2D eigenvalue weighted by Crippen LogP contribution is 2.17. The predicted molar refractivity (Wildman–Crippen MR) is 58.8 cm³/mol. The molecule has 0 saturated heterocycles. The fraction of sp³-hybridized carbons (Fsp3) is 0.167. The van der Waals surface area contributed by atoms with Gasteiger partial charge in [-0.2, -0.15) is 10.5 Å². The van der Waals surface area contributed by atoms with Gasteiger partial charge >= 0.3 is 0 Å². The van der Waals surface area contributed by atoms with E-state index < -0.39 is 0 Å². The van der Waals surface area contributed by atoms with Crippen LogP contribution in [0.4, 0.5) is 5.69 Å². The molecule has 1 aromatic carbocycles. The summed E-state index contributed by atoms with van der Waals surface area (Å²) in [6.45, 7) is 4.00. The van der Waals surface area contributed by atoms with Gasteiger partial charge in [-0.05, 0) is 31.0 Å². The summed E-state index contributed by atoms with van der Waals surface area (Å²) < 4.78 is 0. The van der Waals surface area contributed by atoms with Crippen molar-refractivity contribution < 1.29 is 0 Å². The summed E-state index contributed by atoms with van der Waals surface area (Å²) in [5.74, 6) is 0. The van der Waals surface area contributed by atoms with Gasteiger partial charge in [-0.1, -0.05) is 12.1 Å². The summed E-state index contributed by atoms with van der Waals surface area (Å²) in [7, 11) is 0. The van der Waals surface area contributed by atoms with Crippen molar-refractivity contribution in [3.05, 3.63) is 41.1 Å². The maximum atomic E-state index is 8.55. The van der Waals surface area contributed by atoms with Crippen LogP contribution < -0.4 is 5.32 Å². The second-order valence-electron chi connectivity index (χ2n) is 3.17. The number of nitriles is 2. The van der Waals surface area contributed by atoms with Crippen molar-refractivity contribution in [2.24, 2.45) is 0 Å². The number of nitrogens with one attached hydrogen (secondary N) is 1. The van der Waals surface area contributed by atoms with Gasteiger partial charge in [0.1, 0.15) is 17.7 Å². The quantitative estimate of drug-likeness (QED) is 0.741. The molecule has 0 atom stereocenters. The molecule has 1 rings (SSSR count). The highest BCUT2D eigenvalue weighted by atomic mass is 14.8. The van der Waals surface area contributed by atoms with Crippen molar-refractivity contribution in [1.29, 1.82) is 10.5 Å². The third-order valence-corrected chi connectivity index (χ3v) is 2.22. The fourth-order valence-corrected chi connectivity index (χ4v) is 1.15. The first-order valence-corrected chi connectivity index (χ1v) is 4.52. The van der Waals surface area contributed by atoms with Crippen LogP contribution in [0.2, 0.25) is 0 Å². The molecule has 0 spiro atoms. The Balaban J connectivity index is 2.93. The van der Waals surface area contributed by atoms with Crippen LogP contribution in [0.5, 0.6) is 0 Å². The van der Waals surface area contributed by atoms with E-state index in [9.17, 15) is 0 Å². The predicted octanol–water partition coefficient (Wildman–Crippen LogP) is 2.65. The number of anilines is 1. The van der Waals surface area contributed by atoms with E-state index in [1.165, 1.54) is 11.8 Å². The highest BCUT2D eigenvalue weighted by molar-refractivity contribution is 5.56. The first-order valence-electron chi connectivity index (χ1n) is 4.52. The van der Waals surface area contributed by atoms with Crippen molar-refractivity contribution in [1.82, 2.24) is 0 Å². The van der Waals surface area contributed by atoms with Crippen molar-refractivity contribution in [3.63, 3.8) is 0 Å². The van der Waals surface area contributed by atoms with E-state index in [4.69, 9.17) is 10.5 Å². The van der Waals surface area contributed by atoms with E-state index >= 15 is 0 Å². The van der Waals surface area contributed by atoms with Crippen LogP contribution in [0, 0.1) is 36.5 Å². The summed E-state index contributed by atoms with van der Waals surface area (Å²) in [4.78, 5) is 0. The van der Waals surface area contributed by atoms with Crippen LogP contribution in [0.3, 0.4) is 0 Å². The van der Waals surface area contributed by atoms with E-state index in [-0.39, 0.29) is 5.57 Å². The average molecular weight is 197 g/mol. The largest absolute Gasteiger partial charge is 0.360 e. The Kier molecular flexibility index (Phi) is 3.49. The van der Waals surface area contributed by atoms with Gasteiger partial charge in [-0.3, -0.25) is 0 Å². The molecular weight excluding hydrogens is 186 g/mol. The maximum Gasteiger partial charge on any atom is 0.145 e. The van der Waals surface area contributed by atoms with Crippen molar-refractivity contribution in [2.45, 2.75) is 13.8 Å². The average Bonchev–Trinajstić information content (AvgIpc) is 2.25. The fourth-order valence-electron chi connectivity index (χ4n) is 1.15. The number of aryl methyl sites for hydroxylation is 1. The van der Waals surface area contributed by atoms with Crippen LogP contribution in [-0.4, -0.2) is 0 Å². The van der Waals surface area contributed by atoms with Crippen LogP contribution >= 0.6 is 0 Å². The van der Waals surface area contributed by atoms with Crippen LogP contribution in [0.15, 0.2) is 30.0 Å². The zero-order chi connectivity index (χ0) is 11.3. The highest BCUT2D eigenvalue weighted by Gasteiger charge is 1.98. The lowest BCUT2D eigenvalue weighted by molar-refractivity contribution is 1.33. The zero-order valence-corrected chi connectivity index (χ0v) is 8.70. The zero-order valence-electron chi connectivity index (χ0n) is 8.70. The molecule has 74 valence electrons. The third-order valence-electron chi connectivity index (χ3n) is 2.22. The standard InChI is InChI=1S/C12H11N3/c1-9-4-3-5-12(10(9)2)15-8-11(6-13)7-14/h3-5,8,15H,1-2H3. The SMILES string of the molecule is Cc1cccc(NC=C(C#N)C#N)c1C. The van der Waals surface area contributed by atoms with Crippen LogP contribution in [-0.2, 0) is 0 Å². The molecule has 0 aliphatic heterocycles. The van der Waals surface area contributed by atoms with Gasteiger partial charge in [0, 0.05) is 11.9 Å². The van der Waals surface area contributed by atoms with Crippen LogP contribution in [0.1, 0.15) is 11.1 Å². The molecule has 3 nitrogen and oxygen atoms in total.